The molecule has 132 valence electrons. The van der Waals surface area contributed by atoms with Crippen molar-refractivity contribution in [2.24, 2.45) is 0 Å². The number of aromatic hydroxyl groups is 1. The van der Waals surface area contributed by atoms with Gasteiger partial charge >= 0.3 is 0 Å². The fourth-order valence-electron chi connectivity index (χ4n) is 2.72. The van der Waals surface area contributed by atoms with Crippen molar-refractivity contribution in [1.29, 1.82) is 0 Å². The normalized spacial score (nSPS) is 16.2. The van der Waals surface area contributed by atoms with Crippen LogP contribution in [0.25, 0.3) is 16.7 Å². The standard InChI is InChI=1S/C19H12Br2O5/c20-11-7-12-16(22)17(23)19(26-18(12)13(21)8-11)14-9-24-15(25-14)6-10-4-2-1-3-5-10/h1-5,7-9,15,23H,6H2. The molecule has 1 aliphatic heterocycles. The lowest BCUT2D eigenvalue weighted by molar-refractivity contribution is -0.0145. The highest BCUT2D eigenvalue weighted by Gasteiger charge is 2.27. The number of hydrogen-bond donors (Lipinski definition) is 1. The average molecular weight is 480 g/mol. The van der Waals surface area contributed by atoms with Crippen LogP contribution in [-0.2, 0) is 15.9 Å². The predicted octanol–water partition coefficient (Wildman–Crippen LogP) is 4.94. The Bertz CT molecular complexity index is 1070. The first kappa shape index (κ1) is 17.2. The van der Waals surface area contributed by atoms with Gasteiger partial charge in [-0.1, -0.05) is 46.3 Å². The van der Waals surface area contributed by atoms with E-state index in [0.717, 1.165) is 5.56 Å². The van der Waals surface area contributed by atoms with Crippen molar-refractivity contribution in [3.8, 4) is 5.75 Å². The highest BCUT2D eigenvalue weighted by molar-refractivity contribution is 9.11. The first-order valence-electron chi connectivity index (χ1n) is 7.74. The zero-order valence-corrected chi connectivity index (χ0v) is 16.4. The SMILES string of the molecule is O=c1c(O)c(C2=COC(Cc3ccccc3)O2)oc2c(Br)cc(Br)cc12. The smallest absolute Gasteiger partial charge is 0.244 e. The van der Waals surface area contributed by atoms with Gasteiger partial charge in [0.05, 0.1) is 9.86 Å². The lowest BCUT2D eigenvalue weighted by atomic mass is 10.1. The minimum absolute atomic E-state index is 0.0546. The van der Waals surface area contributed by atoms with Crippen LogP contribution in [0.3, 0.4) is 0 Å². The van der Waals surface area contributed by atoms with Crippen LogP contribution in [-0.4, -0.2) is 11.4 Å². The third kappa shape index (κ3) is 3.12. The Morgan fingerprint density at radius 3 is 2.65 bits per heavy atom. The van der Waals surface area contributed by atoms with E-state index in [1.165, 1.54) is 6.26 Å². The summed E-state index contributed by atoms with van der Waals surface area (Å²) in [6.45, 7) is 0. The van der Waals surface area contributed by atoms with Crippen LogP contribution in [0.4, 0.5) is 0 Å². The molecule has 0 aliphatic carbocycles. The molecule has 0 spiro atoms. The molecule has 0 saturated carbocycles. The molecule has 4 rings (SSSR count). The largest absolute Gasteiger partial charge is 0.501 e. The molecule has 2 heterocycles. The summed E-state index contributed by atoms with van der Waals surface area (Å²) in [6, 6.07) is 13.1. The number of halogens is 2. The predicted molar refractivity (Wildman–Crippen MR) is 104 cm³/mol. The summed E-state index contributed by atoms with van der Waals surface area (Å²) in [4.78, 5) is 12.5. The molecule has 0 radical (unpaired) electrons. The van der Waals surface area contributed by atoms with Gasteiger partial charge < -0.3 is 19.0 Å². The molecule has 1 N–H and O–H groups in total. The maximum absolute atomic E-state index is 12.5. The number of rotatable bonds is 3. The van der Waals surface area contributed by atoms with Gasteiger partial charge in [0.25, 0.3) is 0 Å². The molecule has 26 heavy (non-hydrogen) atoms. The molecule has 1 aliphatic rings. The Labute approximate surface area is 165 Å². The quantitative estimate of drug-likeness (QED) is 0.576. The minimum Gasteiger partial charge on any atom is -0.501 e. The van der Waals surface area contributed by atoms with Crippen LogP contribution in [0.2, 0.25) is 0 Å². The zero-order valence-electron chi connectivity index (χ0n) is 13.2. The topological polar surface area (TPSA) is 68.9 Å². The fraction of sp³-hybridized carbons (Fsp3) is 0.105. The van der Waals surface area contributed by atoms with Gasteiger partial charge in [0.1, 0.15) is 6.26 Å². The van der Waals surface area contributed by atoms with Gasteiger partial charge in [-0.05, 0) is 33.6 Å². The first-order chi connectivity index (χ1) is 12.5. The average Bonchev–Trinajstić information content (AvgIpc) is 3.07. The van der Waals surface area contributed by atoms with Crippen LogP contribution < -0.4 is 5.43 Å². The van der Waals surface area contributed by atoms with Gasteiger partial charge in [0.2, 0.25) is 29.0 Å². The Kier molecular flexibility index (Phi) is 4.50. The Morgan fingerprint density at radius 2 is 1.88 bits per heavy atom. The van der Waals surface area contributed by atoms with Gasteiger partial charge in [-0.3, -0.25) is 4.79 Å². The number of ether oxygens (including phenoxy) is 2. The van der Waals surface area contributed by atoms with Crippen molar-refractivity contribution in [3.63, 3.8) is 0 Å². The van der Waals surface area contributed by atoms with E-state index in [0.29, 0.717) is 20.9 Å². The fourth-order valence-corrected chi connectivity index (χ4v) is 4.03. The summed E-state index contributed by atoms with van der Waals surface area (Å²) in [5.74, 6) is -0.393. The number of hydrogen-bond acceptors (Lipinski definition) is 5. The molecule has 0 bridgehead atoms. The van der Waals surface area contributed by atoms with E-state index < -0.39 is 17.5 Å². The molecule has 0 amide bonds. The summed E-state index contributed by atoms with van der Waals surface area (Å²) in [6.07, 6.45) is 1.32. The van der Waals surface area contributed by atoms with Crippen LogP contribution in [0, 0.1) is 0 Å². The van der Waals surface area contributed by atoms with Gasteiger partial charge in [0.15, 0.2) is 5.58 Å². The molecule has 0 fully saturated rings. The van der Waals surface area contributed by atoms with Crippen LogP contribution in [0.1, 0.15) is 11.3 Å². The molecule has 0 saturated heterocycles. The lowest BCUT2D eigenvalue weighted by Gasteiger charge is -2.12. The minimum atomic E-state index is -0.554. The van der Waals surface area contributed by atoms with Crippen molar-refractivity contribution >= 4 is 48.6 Å². The van der Waals surface area contributed by atoms with Gasteiger partial charge in [-0.15, -0.1) is 0 Å². The summed E-state index contributed by atoms with van der Waals surface area (Å²) in [5, 5.41) is 10.6. The second-order valence-electron chi connectivity index (χ2n) is 5.73. The van der Waals surface area contributed by atoms with Crippen LogP contribution in [0.15, 0.2) is 66.9 Å². The maximum atomic E-state index is 12.5. The molecule has 3 aromatic rings. The van der Waals surface area contributed by atoms with E-state index in [1.54, 1.807) is 12.1 Å². The van der Waals surface area contributed by atoms with E-state index in [1.807, 2.05) is 30.3 Å². The summed E-state index contributed by atoms with van der Waals surface area (Å²) < 4.78 is 18.3. The third-order valence-electron chi connectivity index (χ3n) is 3.94. The molecule has 7 heteroatoms. The molecule has 2 aromatic carbocycles. The highest BCUT2D eigenvalue weighted by atomic mass is 79.9. The molecule has 1 atom stereocenters. The highest BCUT2D eigenvalue weighted by Crippen LogP contribution is 2.35. The number of fused-ring (bicyclic) bond motifs is 1. The van der Waals surface area contributed by atoms with Crippen molar-refractivity contribution in [2.75, 3.05) is 0 Å². The Hall–Kier alpha value is -2.25. The Balaban J connectivity index is 1.67. The molecular formula is C19H12Br2O5. The second-order valence-corrected chi connectivity index (χ2v) is 7.50. The van der Waals surface area contributed by atoms with E-state index in [4.69, 9.17) is 13.9 Å². The second kappa shape index (κ2) is 6.81. The Morgan fingerprint density at radius 1 is 1.12 bits per heavy atom. The molecule has 1 unspecified atom stereocenters. The van der Waals surface area contributed by atoms with Crippen molar-refractivity contribution in [3.05, 3.63) is 79.2 Å². The maximum Gasteiger partial charge on any atom is 0.244 e. The van der Waals surface area contributed by atoms with Crippen molar-refractivity contribution < 1.29 is 19.0 Å². The van der Waals surface area contributed by atoms with Crippen LogP contribution in [0.5, 0.6) is 5.75 Å². The summed E-state index contributed by atoms with van der Waals surface area (Å²) in [7, 11) is 0. The lowest BCUT2D eigenvalue weighted by Crippen LogP contribution is -2.12. The van der Waals surface area contributed by atoms with E-state index in [9.17, 15) is 9.90 Å². The van der Waals surface area contributed by atoms with E-state index >= 15 is 0 Å². The van der Waals surface area contributed by atoms with Crippen molar-refractivity contribution in [1.82, 2.24) is 0 Å². The van der Waals surface area contributed by atoms with Gasteiger partial charge in [-0.2, -0.15) is 0 Å². The van der Waals surface area contributed by atoms with Crippen LogP contribution >= 0.6 is 31.9 Å². The number of benzene rings is 2. The summed E-state index contributed by atoms with van der Waals surface area (Å²) in [5.41, 5.74) is 0.824. The molecule has 5 nitrogen and oxygen atoms in total. The monoisotopic (exact) mass is 478 g/mol. The van der Waals surface area contributed by atoms with E-state index in [2.05, 4.69) is 31.9 Å². The van der Waals surface area contributed by atoms with Gasteiger partial charge in [0, 0.05) is 10.9 Å². The van der Waals surface area contributed by atoms with Gasteiger partial charge in [-0.25, -0.2) is 0 Å². The summed E-state index contributed by atoms with van der Waals surface area (Å²) >= 11 is 6.69. The first-order valence-corrected chi connectivity index (χ1v) is 9.33. The van der Waals surface area contributed by atoms with E-state index in [-0.39, 0.29) is 16.9 Å². The third-order valence-corrected chi connectivity index (χ3v) is 4.99. The van der Waals surface area contributed by atoms with Crippen molar-refractivity contribution in [2.45, 2.75) is 12.7 Å². The molecule has 1 aromatic heterocycles. The zero-order chi connectivity index (χ0) is 18.3. The molecular weight excluding hydrogens is 468 g/mol.